The molecule has 0 aromatic heterocycles. The van der Waals surface area contributed by atoms with Crippen LogP contribution in [-0.2, 0) is 6.54 Å². The van der Waals surface area contributed by atoms with Crippen molar-refractivity contribution in [1.29, 1.82) is 0 Å². The number of rotatable bonds is 6. The summed E-state index contributed by atoms with van der Waals surface area (Å²) in [6.45, 7) is 5.05. The van der Waals surface area contributed by atoms with Crippen molar-refractivity contribution in [3.8, 4) is 11.5 Å². The van der Waals surface area contributed by atoms with Crippen LogP contribution < -0.4 is 14.8 Å². The van der Waals surface area contributed by atoms with E-state index >= 15 is 0 Å². The minimum atomic E-state index is 0.177. The van der Waals surface area contributed by atoms with Crippen molar-refractivity contribution in [2.45, 2.75) is 26.4 Å². The number of nitrogens with one attached hydrogen (secondary N) is 1. The van der Waals surface area contributed by atoms with E-state index in [1.165, 1.54) is 11.1 Å². The number of aryl methyl sites for hydroxylation is 1. The molecule has 0 spiro atoms. The Morgan fingerprint density at radius 2 is 1.71 bits per heavy atom. The van der Waals surface area contributed by atoms with Crippen LogP contribution in [0.25, 0.3) is 0 Å². The first-order valence-corrected chi connectivity index (χ1v) is 7.15. The molecule has 1 unspecified atom stereocenters. The fourth-order valence-electron chi connectivity index (χ4n) is 2.26. The van der Waals surface area contributed by atoms with Crippen molar-refractivity contribution in [1.82, 2.24) is 5.32 Å². The second-order valence-corrected chi connectivity index (χ2v) is 5.20. The molecule has 0 heterocycles. The van der Waals surface area contributed by atoms with E-state index in [0.717, 1.165) is 23.6 Å². The molecule has 21 heavy (non-hydrogen) atoms. The zero-order valence-corrected chi connectivity index (χ0v) is 13.1. The summed E-state index contributed by atoms with van der Waals surface area (Å²) in [6, 6.07) is 14.6. The summed E-state index contributed by atoms with van der Waals surface area (Å²) in [5.74, 6) is 1.72. The quantitative estimate of drug-likeness (QED) is 0.874. The van der Waals surface area contributed by atoms with Crippen molar-refractivity contribution in [3.05, 3.63) is 59.2 Å². The minimum Gasteiger partial charge on any atom is -0.497 e. The molecule has 0 aliphatic heterocycles. The standard InChI is InChI=1S/C18H23NO2/c1-13-5-7-15(8-6-13)12-19-14(2)17-11-16(20-3)9-10-18(17)21-4/h5-11,14,19H,12H2,1-4H3. The summed E-state index contributed by atoms with van der Waals surface area (Å²) in [7, 11) is 3.37. The summed E-state index contributed by atoms with van der Waals surface area (Å²) < 4.78 is 10.7. The molecule has 3 heteroatoms. The van der Waals surface area contributed by atoms with Crippen molar-refractivity contribution in [3.63, 3.8) is 0 Å². The van der Waals surface area contributed by atoms with Gasteiger partial charge in [0.05, 0.1) is 14.2 Å². The fraction of sp³-hybridized carbons (Fsp3) is 0.333. The second-order valence-electron chi connectivity index (χ2n) is 5.20. The minimum absolute atomic E-state index is 0.177. The lowest BCUT2D eigenvalue weighted by molar-refractivity contribution is 0.391. The summed E-state index contributed by atoms with van der Waals surface area (Å²) in [5, 5.41) is 3.53. The highest BCUT2D eigenvalue weighted by atomic mass is 16.5. The number of benzene rings is 2. The molecule has 0 fully saturated rings. The van der Waals surface area contributed by atoms with Crippen LogP contribution in [0.3, 0.4) is 0 Å². The molecular formula is C18H23NO2. The topological polar surface area (TPSA) is 30.5 Å². The van der Waals surface area contributed by atoms with E-state index in [9.17, 15) is 0 Å². The average Bonchev–Trinajstić information content (AvgIpc) is 2.53. The van der Waals surface area contributed by atoms with Crippen LogP contribution in [0, 0.1) is 6.92 Å². The Balaban J connectivity index is 2.08. The fourth-order valence-corrected chi connectivity index (χ4v) is 2.26. The predicted molar refractivity (Wildman–Crippen MR) is 86.0 cm³/mol. The molecule has 0 radical (unpaired) electrons. The predicted octanol–water partition coefficient (Wildman–Crippen LogP) is 3.86. The monoisotopic (exact) mass is 285 g/mol. The molecule has 1 N–H and O–H groups in total. The molecule has 112 valence electrons. The summed E-state index contributed by atoms with van der Waals surface area (Å²) in [4.78, 5) is 0. The van der Waals surface area contributed by atoms with Gasteiger partial charge < -0.3 is 14.8 Å². The van der Waals surface area contributed by atoms with E-state index in [2.05, 4.69) is 43.4 Å². The molecule has 0 amide bonds. The maximum Gasteiger partial charge on any atom is 0.123 e. The molecule has 0 aliphatic rings. The molecule has 2 aromatic carbocycles. The van der Waals surface area contributed by atoms with Crippen molar-refractivity contribution < 1.29 is 9.47 Å². The molecule has 0 aliphatic carbocycles. The van der Waals surface area contributed by atoms with Gasteiger partial charge in [-0.25, -0.2) is 0 Å². The molecule has 3 nitrogen and oxygen atoms in total. The first-order chi connectivity index (χ1) is 10.1. The third-order valence-corrected chi connectivity index (χ3v) is 3.64. The lowest BCUT2D eigenvalue weighted by Gasteiger charge is -2.18. The Morgan fingerprint density at radius 1 is 1.00 bits per heavy atom. The van der Waals surface area contributed by atoms with Gasteiger partial charge in [0.1, 0.15) is 11.5 Å². The highest BCUT2D eigenvalue weighted by Gasteiger charge is 2.12. The van der Waals surface area contributed by atoms with Crippen LogP contribution in [0.1, 0.15) is 29.7 Å². The molecule has 0 saturated carbocycles. The highest BCUT2D eigenvalue weighted by Crippen LogP contribution is 2.29. The summed E-state index contributed by atoms with van der Waals surface area (Å²) >= 11 is 0. The van der Waals surface area contributed by atoms with E-state index < -0.39 is 0 Å². The van der Waals surface area contributed by atoms with Crippen LogP contribution >= 0.6 is 0 Å². The third-order valence-electron chi connectivity index (χ3n) is 3.64. The van der Waals surface area contributed by atoms with Gasteiger partial charge in [-0.1, -0.05) is 29.8 Å². The van der Waals surface area contributed by atoms with Crippen molar-refractivity contribution in [2.75, 3.05) is 14.2 Å². The number of methoxy groups -OCH3 is 2. The van der Waals surface area contributed by atoms with Gasteiger partial charge in [-0.3, -0.25) is 0 Å². The van der Waals surface area contributed by atoms with Crippen LogP contribution in [0.15, 0.2) is 42.5 Å². The van der Waals surface area contributed by atoms with Gasteiger partial charge in [0.15, 0.2) is 0 Å². The van der Waals surface area contributed by atoms with Gasteiger partial charge >= 0.3 is 0 Å². The van der Waals surface area contributed by atoms with E-state index in [-0.39, 0.29) is 6.04 Å². The average molecular weight is 285 g/mol. The Bertz CT molecular complexity index is 578. The van der Waals surface area contributed by atoms with E-state index in [1.807, 2.05) is 18.2 Å². The lowest BCUT2D eigenvalue weighted by Crippen LogP contribution is -2.18. The number of ether oxygens (including phenoxy) is 2. The highest BCUT2D eigenvalue weighted by molar-refractivity contribution is 5.42. The Kier molecular flexibility index (Phi) is 5.23. The number of hydrogen-bond donors (Lipinski definition) is 1. The summed E-state index contributed by atoms with van der Waals surface area (Å²) in [5.41, 5.74) is 3.65. The second kappa shape index (κ2) is 7.14. The molecular weight excluding hydrogens is 262 g/mol. The number of hydrogen-bond acceptors (Lipinski definition) is 3. The molecule has 1 atom stereocenters. The zero-order chi connectivity index (χ0) is 15.2. The first-order valence-electron chi connectivity index (χ1n) is 7.15. The maximum absolute atomic E-state index is 5.44. The Labute approximate surface area is 126 Å². The maximum atomic E-state index is 5.44. The SMILES string of the molecule is COc1ccc(OC)c(C(C)NCc2ccc(C)cc2)c1. The van der Waals surface area contributed by atoms with E-state index in [4.69, 9.17) is 9.47 Å². The largest absolute Gasteiger partial charge is 0.497 e. The van der Waals surface area contributed by atoms with Gasteiger partial charge in [-0.2, -0.15) is 0 Å². The van der Waals surface area contributed by atoms with Crippen LogP contribution in [-0.4, -0.2) is 14.2 Å². The van der Waals surface area contributed by atoms with Crippen LogP contribution in [0.4, 0.5) is 0 Å². The van der Waals surface area contributed by atoms with Crippen molar-refractivity contribution >= 4 is 0 Å². The van der Waals surface area contributed by atoms with Gasteiger partial charge in [0, 0.05) is 18.2 Å². The molecule has 0 bridgehead atoms. The normalized spacial score (nSPS) is 12.0. The summed E-state index contributed by atoms with van der Waals surface area (Å²) in [6.07, 6.45) is 0. The first kappa shape index (κ1) is 15.4. The van der Waals surface area contributed by atoms with Crippen molar-refractivity contribution in [2.24, 2.45) is 0 Å². The van der Waals surface area contributed by atoms with E-state index in [1.54, 1.807) is 14.2 Å². The van der Waals surface area contributed by atoms with E-state index in [0.29, 0.717) is 0 Å². The smallest absolute Gasteiger partial charge is 0.123 e. The van der Waals surface area contributed by atoms with Gasteiger partial charge in [0.25, 0.3) is 0 Å². The van der Waals surface area contributed by atoms with Gasteiger partial charge in [-0.15, -0.1) is 0 Å². The van der Waals surface area contributed by atoms with Gasteiger partial charge in [0.2, 0.25) is 0 Å². The Morgan fingerprint density at radius 3 is 2.33 bits per heavy atom. The molecule has 0 saturated heterocycles. The Hall–Kier alpha value is -2.00. The molecule has 2 rings (SSSR count). The third kappa shape index (κ3) is 3.99. The van der Waals surface area contributed by atoms with Gasteiger partial charge in [-0.05, 0) is 37.6 Å². The molecule has 2 aromatic rings. The van der Waals surface area contributed by atoms with Crippen LogP contribution in [0.5, 0.6) is 11.5 Å². The zero-order valence-electron chi connectivity index (χ0n) is 13.1. The van der Waals surface area contributed by atoms with Crippen LogP contribution in [0.2, 0.25) is 0 Å². The lowest BCUT2D eigenvalue weighted by atomic mass is 10.1.